The number of nitrogens with two attached hydrogens (primary N) is 1. The summed E-state index contributed by atoms with van der Waals surface area (Å²) in [5.74, 6) is 0.719. The molecule has 170 valence electrons. The summed E-state index contributed by atoms with van der Waals surface area (Å²) >= 11 is 3.53. The lowest BCUT2D eigenvalue weighted by Crippen LogP contribution is -2.45. The van der Waals surface area contributed by atoms with Crippen LogP contribution >= 0.6 is 15.9 Å². The standard InChI is InChI=1S/C24H24BrN5O3/c1-29-18-8-7-16(25)13-17(18)20(19(21(26)31)24(29)32)30-11-9-15(10-12-30)23-27-22(28-33-23)14-5-3-2-4-6-14/h2-8,13,15,24,32H,9-12H2,1H3,(H2,26,31). The number of amides is 1. The third kappa shape index (κ3) is 3.91. The molecule has 3 heterocycles. The fourth-order valence-corrected chi connectivity index (χ4v) is 5.00. The Balaban J connectivity index is 1.42. The van der Waals surface area contributed by atoms with Gasteiger partial charge < -0.3 is 25.2 Å². The molecule has 1 unspecified atom stereocenters. The number of carbonyl (C=O) groups excluding carboxylic acids is 1. The molecule has 2 aliphatic rings. The van der Waals surface area contributed by atoms with Crippen LogP contribution in [0.25, 0.3) is 17.1 Å². The van der Waals surface area contributed by atoms with Crippen molar-refractivity contribution in [3.63, 3.8) is 0 Å². The Kier molecular flexibility index (Phi) is 5.67. The Morgan fingerprint density at radius 3 is 2.61 bits per heavy atom. The van der Waals surface area contributed by atoms with E-state index in [4.69, 9.17) is 10.3 Å². The second-order valence-electron chi connectivity index (χ2n) is 8.36. The Labute approximate surface area is 199 Å². The molecule has 1 saturated heterocycles. The van der Waals surface area contributed by atoms with Gasteiger partial charge in [0, 0.05) is 47.3 Å². The highest BCUT2D eigenvalue weighted by atomic mass is 79.9. The number of rotatable bonds is 4. The molecule has 8 nitrogen and oxygen atoms in total. The van der Waals surface area contributed by atoms with Gasteiger partial charge in [-0.1, -0.05) is 51.4 Å². The molecule has 33 heavy (non-hydrogen) atoms. The van der Waals surface area contributed by atoms with Gasteiger partial charge in [-0.25, -0.2) is 0 Å². The third-order valence-corrected chi connectivity index (χ3v) is 6.87. The first-order valence-corrected chi connectivity index (χ1v) is 11.6. The maximum Gasteiger partial charge on any atom is 0.251 e. The van der Waals surface area contributed by atoms with Crippen LogP contribution in [0, 0.1) is 0 Å². The van der Waals surface area contributed by atoms with E-state index in [-0.39, 0.29) is 11.5 Å². The minimum absolute atomic E-state index is 0.127. The third-order valence-electron chi connectivity index (χ3n) is 6.37. The number of halogens is 1. The number of likely N-dealkylation sites (N-methyl/N-ethyl adjacent to an activating group) is 1. The fourth-order valence-electron chi connectivity index (χ4n) is 4.64. The van der Waals surface area contributed by atoms with E-state index in [1.165, 1.54) is 0 Å². The number of aliphatic hydroxyl groups is 1. The Bertz CT molecular complexity index is 1220. The smallest absolute Gasteiger partial charge is 0.251 e. The molecule has 0 spiro atoms. The first kappa shape index (κ1) is 21.7. The lowest BCUT2D eigenvalue weighted by Gasteiger charge is -2.41. The van der Waals surface area contributed by atoms with Gasteiger partial charge in [0.1, 0.15) is 0 Å². The topological polar surface area (TPSA) is 109 Å². The largest absolute Gasteiger partial charge is 0.370 e. The number of benzene rings is 2. The molecule has 3 N–H and O–H groups in total. The predicted octanol–water partition coefficient (Wildman–Crippen LogP) is 3.34. The summed E-state index contributed by atoms with van der Waals surface area (Å²) in [7, 11) is 1.75. The van der Waals surface area contributed by atoms with Gasteiger partial charge in [0.25, 0.3) is 5.91 Å². The average molecular weight is 510 g/mol. The molecule has 2 aliphatic heterocycles. The van der Waals surface area contributed by atoms with Crippen molar-refractivity contribution in [1.82, 2.24) is 15.0 Å². The fraction of sp³-hybridized carbons (Fsp3) is 0.292. The van der Waals surface area contributed by atoms with E-state index < -0.39 is 12.1 Å². The molecule has 1 amide bonds. The first-order chi connectivity index (χ1) is 15.9. The summed E-state index contributed by atoms with van der Waals surface area (Å²) in [5, 5.41) is 15.0. The van der Waals surface area contributed by atoms with Crippen LogP contribution in [-0.4, -0.2) is 52.4 Å². The van der Waals surface area contributed by atoms with Gasteiger partial charge in [0.2, 0.25) is 11.7 Å². The van der Waals surface area contributed by atoms with E-state index in [1.54, 1.807) is 11.9 Å². The zero-order chi connectivity index (χ0) is 23.1. The van der Waals surface area contributed by atoms with Crippen molar-refractivity contribution >= 4 is 33.2 Å². The van der Waals surface area contributed by atoms with E-state index in [2.05, 4.69) is 31.0 Å². The van der Waals surface area contributed by atoms with Crippen molar-refractivity contribution in [2.24, 2.45) is 5.73 Å². The number of hydrogen-bond acceptors (Lipinski definition) is 7. The summed E-state index contributed by atoms with van der Waals surface area (Å²) in [5.41, 5.74) is 9.27. The van der Waals surface area contributed by atoms with Gasteiger partial charge in [0.05, 0.1) is 11.3 Å². The molecule has 0 bridgehead atoms. The molecule has 1 atom stereocenters. The van der Waals surface area contributed by atoms with Crippen LogP contribution in [0.4, 0.5) is 5.69 Å². The zero-order valence-electron chi connectivity index (χ0n) is 18.1. The van der Waals surface area contributed by atoms with E-state index in [9.17, 15) is 9.90 Å². The Morgan fingerprint density at radius 2 is 1.91 bits per heavy atom. The van der Waals surface area contributed by atoms with E-state index in [1.807, 2.05) is 48.5 Å². The second-order valence-corrected chi connectivity index (χ2v) is 9.27. The molecule has 9 heteroatoms. The van der Waals surface area contributed by atoms with Gasteiger partial charge in [-0.15, -0.1) is 0 Å². The van der Waals surface area contributed by atoms with Crippen LogP contribution < -0.4 is 10.6 Å². The summed E-state index contributed by atoms with van der Waals surface area (Å²) in [6.45, 7) is 1.34. The van der Waals surface area contributed by atoms with E-state index >= 15 is 0 Å². The molecular formula is C24H24BrN5O3. The summed E-state index contributed by atoms with van der Waals surface area (Å²) in [6.07, 6.45) is 0.455. The Morgan fingerprint density at radius 1 is 1.18 bits per heavy atom. The van der Waals surface area contributed by atoms with Crippen LogP contribution in [0.15, 0.2) is 63.1 Å². The number of nitrogens with zero attached hydrogens (tertiary/aromatic N) is 4. The molecular weight excluding hydrogens is 486 g/mol. The van der Waals surface area contributed by atoms with Crippen LogP contribution in [-0.2, 0) is 4.79 Å². The normalized spacial score (nSPS) is 19.1. The second kappa shape index (κ2) is 8.64. The van der Waals surface area contributed by atoms with E-state index in [0.29, 0.717) is 30.5 Å². The number of aliphatic hydroxyl groups excluding tert-OH is 1. The molecule has 2 aromatic carbocycles. The van der Waals surface area contributed by atoms with Gasteiger partial charge in [-0.2, -0.15) is 4.98 Å². The first-order valence-electron chi connectivity index (χ1n) is 10.8. The molecule has 1 fully saturated rings. The van der Waals surface area contributed by atoms with E-state index in [0.717, 1.165) is 34.1 Å². The number of piperidine rings is 1. The van der Waals surface area contributed by atoms with Crippen molar-refractivity contribution in [2.75, 3.05) is 25.0 Å². The summed E-state index contributed by atoms with van der Waals surface area (Å²) in [6, 6.07) is 15.6. The summed E-state index contributed by atoms with van der Waals surface area (Å²) < 4.78 is 6.47. The lowest BCUT2D eigenvalue weighted by molar-refractivity contribution is -0.115. The number of primary amides is 1. The van der Waals surface area contributed by atoms with Crippen LogP contribution in [0.2, 0.25) is 0 Å². The molecule has 0 radical (unpaired) electrons. The lowest BCUT2D eigenvalue weighted by atomic mass is 9.91. The highest BCUT2D eigenvalue weighted by Gasteiger charge is 2.37. The van der Waals surface area contributed by atoms with Crippen molar-refractivity contribution in [3.8, 4) is 11.4 Å². The number of anilines is 1. The Hall–Kier alpha value is -3.17. The van der Waals surface area contributed by atoms with Gasteiger partial charge >= 0.3 is 0 Å². The van der Waals surface area contributed by atoms with Gasteiger partial charge in [-0.3, -0.25) is 4.79 Å². The van der Waals surface area contributed by atoms with Crippen molar-refractivity contribution in [2.45, 2.75) is 25.0 Å². The number of carbonyl (C=O) groups is 1. The predicted molar refractivity (Wildman–Crippen MR) is 128 cm³/mol. The molecule has 1 aromatic heterocycles. The van der Waals surface area contributed by atoms with Gasteiger partial charge in [0.15, 0.2) is 6.23 Å². The zero-order valence-corrected chi connectivity index (χ0v) is 19.7. The van der Waals surface area contributed by atoms with Crippen molar-refractivity contribution in [3.05, 3.63) is 70.0 Å². The van der Waals surface area contributed by atoms with Crippen molar-refractivity contribution in [1.29, 1.82) is 0 Å². The monoisotopic (exact) mass is 509 g/mol. The van der Waals surface area contributed by atoms with Crippen LogP contribution in [0.3, 0.4) is 0 Å². The maximum absolute atomic E-state index is 12.4. The number of aromatic nitrogens is 2. The SMILES string of the molecule is CN1c2ccc(Br)cc2C(N2CCC(c3nc(-c4ccccc4)no3)CC2)=C(C(N)=O)C1O. The number of fused-ring (bicyclic) bond motifs is 1. The number of hydrogen-bond donors (Lipinski definition) is 2. The average Bonchev–Trinajstić information content (AvgIpc) is 3.32. The van der Waals surface area contributed by atoms with Crippen LogP contribution in [0.1, 0.15) is 30.2 Å². The molecule has 3 aromatic rings. The minimum atomic E-state index is -1.10. The minimum Gasteiger partial charge on any atom is -0.370 e. The highest BCUT2D eigenvalue weighted by Crippen LogP contribution is 2.42. The van der Waals surface area contributed by atoms with Crippen molar-refractivity contribution < 1.29 is 14.4 Å². The molecule has 5 rings (SSSR count). The highest BCUT2D eigenvalue weighted by molar-refractivity contribution is 9.10. The molecule has 0 aliphatic carbocycles. The number of likely N-dealkylation sites (tertiary alicyclic amines) is 1. The van der Waals surface area contributed by atoms with Gasteiger partial charge in [-0.05, 0) is 31.0 Å². The molecule has 0 saturated carbocycles. The quantitative estimate of drug-likeness (QED) is 0.554. The summed E-state index contributed by atoms with van der Waals surface area (Å²) in [4.78, 5) is 20.8. The van der Waals surface area contributed by atoms with Crippen LogP contribution in [0.5, 0.6) is 0 Å². The maximum atomic E-state index is 12.4.